The standard InChI is InChI=1S/C12H12ClN3.ClH/c1-8-6-9(2)15-12(14-8)16-11-5-3-4-10(13)7-11;/h3-7H,1-2H3,(H,14,15,16);1H. The third-order valence-electron chi connectivity index (χ3n) is 2.06. The van der Waals surface area contributed by atoms with Crippen LogP contribution in [-0.4, -0.2) is 9.97 Å². The summed E-state index contributed by atoms with van der Waals surface area (Å²) >= 11 is 5.89. The average Bonchev–Trinajstić information content (AvgIpc) is 2.15. The minimum Gasteiger partial charge on any atom is -0.324 e. The molecule has 2 aromatic rings. The van der Waals surface area contributed by atoms with Crippen molar-refractivity contribution in [1.82, 2.24) is 9.97 Å². The number of halogens is 2. The topological polar surface area (TPSA) is 37.8 Å². The molecule has 0 saturated heterocycles. The van der Waals surface area contributed by atoms with Crippen LogP contribution in [0, 0.1) is 13.8 Å². The van der Waals surface area contributed by atoms with Gasteiger partial charge < -0.3 is 5.32 Å². The van der Waals surface area contributed by atoms with E-state index in [0.29, 0.717) is 11.0 Å². The van der Waals surface area contributed by atoms with Crippen LogP contribution >= 0.6 is 24.0 Å². The van der Waals surface area contributed by atoms with Crippen LogP contribution in [0.3, 0.4) is 0 Å². The molecular weight excluding hydrogens is 257 g/mol. The van der Waals surface area contributed by atoms with E-state index in [1.54, 1.807) is 0 Å². The normalized spacial score (nSPS) is 9.59. The highest BCUT2D eigenvalue weighted by molar-refractivity contribution is 6.30. The summed E-state index contributed by atoms with van der Waals surface area (Å²) in [6.45, 7) is 3.88. The first-order chi connectivity index (χ1) is 7.63. The molecule has 0 bridgehead atoms. The molecule has 1 aromatic heterocycles. The van der Waals surface area contributed by atoms with E-state index < -0.39 is 0 Å². The number of rotatable bonds is 2. The molecule has 3 nitrogen and oxygen atoms in total. The Hall–Kier alpha value is -1.32. The van der Waals surface area contributed by atoms with E-state index in [2.05, 4.69) is 15.3 Å². The number of aromatic nitrogens is 2. The molecule has 0 saturated carbocycles. The van der Waals surface area contributed by atoms with E-state index in [1.807, 2.05) is 44.2 Å². The second-order valence-corrected chi connectivity index (χ2v) is 4.05. The highest BCUT2D eigenvalue weighted by Crippen LogP contribution is 2.18. The van der Waals surface area contributed by atoms with Gasteiger partial charge in [-0.1, -0.05) is 17.7 Å². The van der Waals surface area contributed by atoms with Gasteiger partial charge in [0, 0.05) is 22.1 Å². The highest BCUT2D eigenvalue weighted by Gasteiger charge is 2.00. The maximum absolute atomic E-state index is 5.89. The van der Waals surface area contributed by atoms with Gasteiger partial charge in [0.05, 0.1) is 0 Å². The van der Waals surface area contributed by atoms with Gasteiger partial charge in [-0.15, -0.1) is 12.4 Å². The first-order valence-corrected chi connectivity index (χ1v) is 5.36. The smallest absolute Gasteiger partial charge is 0.227 e. The first kappa shape index (κ1) is 13.7. The quantitative estimate of drug-likeness (QED) is 0.898. The molecule has 0 radical (unpaired) electrons. The van der Waals surface area contributed by atoms with E-state index in [4.69, 9.17) is 11.6 Å². The van der Waals surface area contributed by atoms with Crippen molar-refractivity contribution in [3.63, 3.8) is 0 Å². The van der Waals surface area contributed by atoms with Crippen molar-refractivity contribution in [3.8, 4) is 0 Å². The van der Waals surface area contributed by atoms with E-state index in [-0.39, 0.29) is 12.4 Å². The summed E-state index contributed by atoms with van der Waals surface area (Å²) < 4.78 is 0. The molecule has 1 heterocycles. The molecule has 0 fully saturated rings. The van der Waals surface area contributed by atoms with E-state index in [0.717, 1.165) is 17.1 Å². The number of benzene rings is 1. The molecule has 0 unspecified atom stereocenters. The van der Waals surface area contributed by atoms with Crippen LogP contribution in [0.4, 0.5) is 11.6 Å². The molecule has 90 valence electrons. The summed E-state index contributed by atoms with van der Waals surface area (Å²) in [5.74, 6) is 0.597. The summed E-state index contributed by atoms with van der Waals surface area (Å²) in [4.78, 5) is 8.59. The Bertz CT molecular complexity index is 495. The average molecular weight is 270 g/mol. The zero-order valence-electron chi connectivity index (χ0n) is 9.57. The largest absolute Gasteiger partial charge is 0.324 e. The summed E-state index contributed by atoms with van der Waals surface area (Å²) in [5, 5.41) is 3.81. The molecule has 17 heavy (non-hydrogen) atoms. The van der Waals surface area contributed by atoms with Gasteiger partial charge in [0.15, 0.2) is 0 Å². The van der Waals surface area contributed by atoms with Gasteiger partial charge in [-0.05, 0) is 38.1 Å². The molecule has 5 heteroatoms. The SMILES string of the molecule is Cc1cc(C)nc(Nc2cccc(Cl)c2)n1.Cl. The molecule has 0 amide bonds. The van der Waals surface area contributed by atoms with Crippen LogP contribution in [0.5, 0.6) is 0 Å². The Balaban J connectivity index is 0.00000144. The Morgan fingerprint density at radius 3 is 2.29 bits per heavy atom. The summed E-state index contributed by atoms with van der Waals surface area (Å²) in [5.41, 5.74) is 2.77. The van der Waals surface area contributed by atoms with Gasteiger partial charge in [-0.2, -0.15) is 0 Å². The lowest BCUT2D eigenvalue weighted by Crippen LogP contribution is -1.99. The molecule has 1 aromatic carbocycles. The Kier molecular flexibility index (Phi) is 4.73. The number of nitrogens with one attached hydrogen (secondary N) is 1. The van der Waals surface area contributed by atoms with Gasteiger partial charge in [0.25, 0.3) is 0 Å². The predicted octanol–water partition coefficient (Wildman–Crippen LogP) is 3.91. The van der Waals surface area contributed by atoms with Crippen molar-refractivity contribution in [2.45, 2.75) is 13.8 Å². The van der Waals surface area contributed by atoms with Crippen LogP contribution in [0.1, 0.15) is 11.4 Å². The van der Waals surface area contributed by atoms with Crippen LogP contribution in [-0.2, 0) is 0 Å². The van der Waals surface area contributed by atoms with Crippen molar-refractivity contribution in [1.29, 1.82) is 0 Å². The Morgan fingerprint density at radius 2 is 1.71 bits per heavy atom. The van der Waals surface area contributed by atoms with Crippen molar-refractivity contribution >= 4 is 35.6 Å². The van der Waals surface area contributed by atoms with Gasteiger partial charge >= 0.3 is 0 Å². The number of aryl methyl sites for hydroxylation is 2. The number of hydrogen-bond acceptors (Lipinski definition) is 3. The summed E-state index contributed by atoms with van der Waals surface area (Å²) in [7, 11) is 0. The molecule has 2 rings (SSSR count). The number of anilines is 2. The van der Waals surface area contributed by atoms with Crippen LogP contribution in [0.25, 0.3) is 0 Å². The highest BCUT2D eigenvalue weighted by atomic mass is 35.5. The molecule has 0 aliphatic carbocycles. The predicted molar refractivity (Wildman–Crippen MR) is 73.5 cm³/mol. The lowest BCUT2D eigenvalue weighted by atomic mass is 10.3. The van der Waals surface area contributed by atoms with Gasteiger partial charge in [-0.25, -0.2) is 9.97 Å². The Labute approximate surface area is 112 Å². The lowest BCUT2D eigenvalue weighted by molar-refractivity contribution is 1.06. The minimum atomic E-state index is 0. The fourth-order valence-electron chi connectivity index (χ4n) is 1.48. The molecule has 0 aliphatic rings. The van der Waals surface area contributed by atoms with Gasteiger partial charge in [-0.3, -0.25) is 0 Å². The third-order valence-corrected chi connectivity index (χ3v) is 2.30. The van der Waals surface area contributed by atoms with Crippen LogP contribution in [0.15, 0.2) is 30.3 Å². The molecule has 0 aliphatic heterocycles. The number of nitrogens with zero attached hydrogens (tertiary/aromatic N) is 2. The lowest BCUT2D eigenvalue weighted by Gasteiger charge is -2.06. The Morgan fingerprint density at radius 1 is 1.06 bits per heavy atom. The number of hydrogen-bond donors (Lipinski definition) is 1. The monoisotopic (exact) mass is 269 g/mol. The van der Waals surface area contributed by atoms with Crippen molar-refractivity contribution in [2.24, 2.45) is 0 Å². The first-order valence-electron chi connectivity index (χ1n) is 4.98. The fourth-order valence-corrected chi connectivity index (χ4v) is 1.67. The molecule has 0 spiro atoms. The maximum atomic E-state index is 5.89. The van der Waals surface area contributed by atoms with Crippen LogP contribution < -0.4 is 5.32 Å². The molecule has 1 N–H and O–H groups in total. The van der Waals surface area contributed by atoms with E-state index in [1.165, 1.54) is 0 Å². The summed E-state index contributed by atoms with van der Waals surface area (Å²) in [6, 6.07) is 9.40. The molecular formula is C12H13Cl2N3. The zero-order valence-corrected chi connectivity index (χ0v) is 11.1. The van der Waals surface area contributed by atoms with Crippen molar-refractivity contribution in [2.75, 3.05) is 5.32 Å². The van der Waals surface area contributed by atoms with Gasteiger partial charge in [0.2, 0.25) is 5.95 Å². The van der Waals surface area contributed by atoms with Crippen LogP contribution in [0.2, 0.25) is 5.02 Å². The van der Waals surface area contributed by atoms with Gasteiger partial charge in [0.1, 0.15) is 0 Å². The van der Waals surface area contributed by atoms with E-state index >= 15 is 0 Å². The minimum absolute atomic E-state index is 0. The zero-order chi connectivity index (χ0) is 11.5. The summed E-state index contributed by atoms with van der Waals surface area (Å²) in [6.07, 6.45) is 0. The third kappa shape index (κ3) is 3.88. The fraction of sp³-hybridized carbons (Fsp3) is 0.167. The van der Waals surface area contributed by atoms with E-state index in [9.17, 15) is 0 Å². The van der Waals surface area contributed by atoms with Crippen molar-refractivity contribution < 1.29 is 0 Å². The van der Waals surface area contributed by atoms with Crippen molar-refractivity contribution in [3.05, 3.63) is 46.7 Å². The molecule has 0 atom stereocenters. The second kappa shape index (κ2) is 5.84. The second-order valence-electron chi connectivity index (χ2n) is 3.61. The maximum Gasteiger partial charge on any atom is 0.227 e.